The van der Waals surface area contributed by atoms with Crippen molar-refractivity contribution in [2.45, 2.75) is 6.92 Å². The Morgan fingerprint density at radius 2 is 2.31 bits per heavy atom. The first-order valence-electron chi connectivity index (χ1n) is 3.90. The van der Waals surface area contributed by atoms with Gasteiger partial charge < -0.3 is 4.74 Å². The number of aromatic nitrogens is 2. The number of nitrogens with one attached hydrogen (secondary N) is 1. The van der Waals surface area contributed by atoms with Crippen molar-refractivity contribution in [2.24, 2.45) is 0 Å². The Labute approximate surface area is 74.5 Å². The average molecular weight is 180 g/mol. The van der Waals surface area contributed by atoms with Crippen molar-refractivity contribution < 1.29 is 9.13 Å². The molecule has 0 saturated heterocycles. The highest BCUT2D eigenvalue weighted by molar-refractivity contribution is 5.87. The zero-order chi connectivity index (χ0) is 9.42. The molecule has 0 aliphatic rings. The fourth-order valence-electron chi connectivity index (χ4n) is 1.41. The second-order valence-electron chi connectivity index (χ2n) is 2.87. The molecule has 0 aliphatic heterocycles. The maximum absolute atomic E-state index is 13.3. The summed E-state index contributed by atoms with van der Waals surface area (Å²) in [5, 5.41) is 7.43. The fourth-order valence-corrected chi connectivity index (χ4v) is 1.41. The van der Waals surface area contributed by atoms with Crippen LogP contribution in [0.1, 0.15) is 5.56 Å². The molecule has 13 heavy (non-hydrogen) atoms. The number of benzene rings is 1. The first-order chi connectivity index (χ1) is 6.24. The molecule has 68 valence electrons. The number of halogens is 1. The third-order valence-corrected chi connectivity index (χ3v) is 2.06. The average Bonchev–Trinajstić information content (AvgIpc) is 2.53. The largest absolute Gasteiger partial charge is 0.492 e. The Morgan fingerprint density at radius 3 is 3.00 bits per heavy atom. The molecular formula is C9H9FN2O. The maximum Gasteiger partial charge on any atom is 0.180 e. The van der Waals surface area contributed by atoms with Crippen LogP contribution in [-0.2, 0) is 0 Å². The number of methoxy groups -OCH3 is 1. The Balaban J connectivity index is 2.88. The minimum Gasteiger partial charge on any atom is -0.492 e. The smallest absolute Gasteiger partial charge is 0.180 e. The van der Waals surface area contributed by atoms with Crippen LogP contribution in [0.15, 0.2) is 12.3 Å². The van der Waals surface area contributed by atoms with E-state index in [2.05, 4.69) is 10.2 Å². The van der Waals surface area contributed by atoms with Crippen LogP contribution in [0.5, 0.6) is 5.75 Å². The lowest BCUT2D eigenvalue weighted by molar-refractivity contribution is 0.390. The van der Waals surface area contributed by atoms with E-state index >= 15 is 0 Å². The normalized spacial score (nSPS) is 10.7. The Kier molecular flexibility index (Phi) is 1.69. The highest BCUT2D eigenvalue weighted by Gasteiger charge is 2.11. The number of aromatic amines is 1. The summed E-state index contributed by atoms with van der Waals surface area (Å²) < 4.78 is 18.2. The summed E-state index contributed by atoms with van der Waals surface area (Å²) in [6, 6.07) is 1.44. The van der Waals surface area contributed by atoms with Gasteiger partial charge in [0.2, 0.25) is 0 Å². The van der Waals surface area contributed by atoms with E-state index in [1.54, 1.807) is 6.20 Å². The van der Waals surface area contributed by atoms with Gasteiger partial charge in [-0.3, -0.25) is 5.10 Å². The summed E-state index contributed by atoms with van der Waals surface area (Å²) >= 11 is 0. The quantitative estimate of drug-likeness (QED) is 0.729. The lowest BCUT2D eigenvalue weighted by atomic mass is 10.1. The van der Waals surface area contributed by atoms with Crippen molar-refractivity contribution in [3.05, 3.63) is 23.6 Å². The van der Waals surface area contributed by atoms with Crippen LogP contribution in [-0.4, -0.2) is 17.3 Å². The molecule has 0 unspecified atom stereocenters. The number of aryl methyl sites for hydroxylation is 1. The molecule has 0 amide bonds. The predicted octanol–water partition coefficient (Wildman–Crippen LogP) is 2.02. The van der Waals surface area contributed by atoms with Crippen molar-refractivity contribution in [1.29, 1.82) is 0 Å². The van der Waals surface area contributed by atoms with Crippen molar-refractivity contribution in [3.63, 3.8) is 0 Å². The third kappa shape index (κ3) is 1.06. The summed E-state index contributed by atoms with van der Waals surface area (Å²) in [5.74, 6) is -0.144. The Hall–Kier alpha value is -1.58. The summed E-state index contributed by atoms with van der Waals surface area (Å²) in [6.45, 7) is 1.83. The van der Waals surface area contributed by atoms with Gasteiger partial charge in [-0.25, -0.2) is 4.39 Å². The number of fused-ring (bicyclic) bond motifs is 1. The van der Waals surface area contributed by atoms with E-state index in [0.29, 0.717) is 5.52 Å². The highest BCUT2D eigenvalue weighted by Crippen LogP contribution is 2.28. The second kappa shape index (κ2) is 2.73. The SMILES string of the molecule is COc1c(F)cc(C)c2cn[nH]c12. The van der Waals surface area contributed by atoms with Gasteiger partial charge in [0.1, 0.15) is 5.52 Å². The Morgan fingerprint density at radius 1 is 1.54 bits per heavy atom. The van der Waals surface area contributed by atoms with Gasteiger partial charge in [0, 0.05) is 5.39 Å². The summed E-state index contributed by atoms with van der Waals surface area (Å²) in [6.07, 6.45) is 1.66. The molecule has 0 spiro atoms. The summed E-state index contributed by atoms with van der Waals surface area (Å²) in [4.78, 5) is 0. The lowest BCUT2D eigenvalue weighted by Crippen LogP contribution is -1.90. The maximum atomic E-state index is 13.3. The molecule has 1 heterocycles. The zero-order valence-electron chi connectivity index (χ0n) is 7.39. The van der Waals surface area contributed by atoms with Gasteiger partial charge in [-0.05, 0) is 18.6 Å². The molecule has 1 N–H and O–H groups in total. The van der Waals surface area contributed by atoms with Crippen molar-refractivity contribution in [1.82, 2.24) is 10.2 Å². The van der Waals surface area contributed by atoms with E-state index in [9.17, 15) is 4.39 Å². The molecule has 2 rings (SSSR count). The summed E-state index contributed by atoms with van der Waals surface area (Å²) in [5.41, 5.74) is 1.46. The molecule has 2 aromatic rings. The van der Waals surface area contributed by atoms with Crippen LogP contribution in [0, 0.1) is 12.7 Å². The van der Waals surface area contributed by atoms with Gasteiger partial charge in [0.05, 0.1) is 13.3 Å². The first kappa shape index (κ1) is 8.04. The molecule has 1 aromatic heterocycles. The molecule has 0 aliphatic carbocycles. The highest BCUT2D eigenvalue weighted by atomic mass is 19.1. The molecular weight excluding hydrogens is 171 g/mol. The van der Waals surface area contributed by atoms with Gasteiger partial charge >= 0.3 is 0 Å². The minimum absolute atomic E-state index is 0.220. The van der Waals surface area contributed by atoms with Crippen LogP contribution >= 0.6 is 0 Å². The van der Waals surface area contributed by atoms with Gasteiger partial charge in [-0.15, -0.1) is 0 Å². The number of rotatable bonds is 1. The van der Waals surface area contributed by atoms with E-state index in [1.165, 1.54) is 13.2 Å². The van der Waals surface area contributed by atoms with Crippen LogP contribution in [0.25, 0.3) is 10.9 Å². The van der Waals surface area contributed by atoms with E-state index in [0.717, 1.165) is 10.9 Å². The van der Waals surface area contributed by atoms with Crippen molar-refractivity contribution >= 4 is 10.9 Å². The monoisotopic (exact) mass is 180 g/mol. The van der Waals surface area contributed by atoms with E-state index in [1.807, 2.05) is 6.92 Å². The first-order valence-corrected chi connectivity index (χ1v) is 3.90. The number of ether oxygens (including phenoxy) is 1. The minimum atomic E-state index is -0.364. The van der Waals surface area contributed by atoms with Crippen molar-refractivity contribution in [3.8, 4) is 5.75 Å². The van der Waals surface area contributed by atoms with Crippen molar-refractivity contribution in [2.75, 3.05) is 7.11 Å². The molecule has 0 atom stereocenters. The summed E-state index contributed by atoms with van der Waals surface area (Å²) in [7, 11) is 1.44. The number of hydrogen-bond acceptors (Lipinski definition) is 2. The molecule has 0 radical (unpaired) electrons. The topological polar surface area (TPSA) is 37.9 Å². The molecule has 1 aromatic carbocycles. The number of nitrogens with zero attached hydrogens (tertiary/aromatic N) is 1. The van der Waals surface area contributed by atoms with Crippen LogP contribution in [0.2, 0.25) is 0 Å². The van der Waals surface area contributed by atoms with Gasteiger partial charge in [-0.2, -0.15) is 5.10 Å². The third-order valence-electron chi connectivity index (χ3n) is 2.06. The molecule has 0 fully saturated rings. The molecule has 0 bridgehead atoms. The molecule has 0 saturated carbocycles. The van der Waals surface area contributed by atoms with Gasteiger partial charge in [0.15, 0.2) is 11.6 Å². The molecule has 3 nitrogen and oxygen atoms in total. The number of hydrogen-bond donors (Lipinski definition) is 1. The van der Waals surface area contributed by atoms with Gasteiger partial charge in [0.25, 0.3) is 0 Å². The fraction of sp³-hybridized carbons (Fsp3) is 0.222. The predicted molar refractivity (Wildman–Crippen MR) is 47.3 cm³/mol. The van der Waals surface area contributed by atoms with E-state index < -0.39 is 0 Å². The second-order valence-corrected chi connectivity index (χ2v) is 2.87. The lowest BCUT2D eigenvalue weighted by Gasteiger charge is -2.04. The zero-order valence-corrected chi connectivity index (χ0v) is 7.39. The van der Waals surface area contributed by atoms with Crippen LogP contribution in [0.4, 0.5) is 4.39 Å². The molecule has 4 heteroatoms. The standard InChI is InChI=1S/C9H9FN2O/c1-5-3-7(10)9(13-2)8-6(5)4-11-12-8/h3-4H,1-2H3,(H,11,12). The Bertz CT molecular complexity index is 450. The van der Waals surface area contributed by atoms with Crippen LogP contribution < -0.4 is 4.74 Å². The van der Waals surface area contributed by atoms with E-state index in [-0.39, 0.29) is 11.6 Å². The van der Waals surface area contributed by atoms with Gasteiger partial charge in [-0.1, -0.05) is 0 Å². The number of H-pyrrole nitrogens is 1. The van der Waals surface area contributed by atoms with Crippen LogP contribution in [0.3, 0.4) is 0 Å². The van der Waals surface area contributed by atoms with E-state index in [4.69, 9.17) is 4.74 Å².